The molecule has 3 nitrogen and oxygen atoms in total. The maximum absolute atomic E-state index is 3.76. The van der Waals surface area contributed by atoms with Crippen LogP contribution in [0.3, 0.4) is 0 Å². The van der Waals surface area contributed by atoms with Gasteiger partial charge in [-0.25, -0.2) is 0 Å². The molecule has 0 saturated carbocycles. The summed E-state index contributed by atoms with van der Waals surface area (Å²) in [5, 5.41) is 3.32. The molecular formula is C30H41N3. The van der Waals surface area contributed by atoms with Gasteiger partial charge in [0, 0.05) is 50.2 Å². The zero-order chi connectivity index (χ0) is 23.5. The van der Waals surface area contributed by atoms with Crippen LogP contribution in [0.15, 0.2) is 61.2 Å². The van der Waals surface area contributed by atoms with Crippen LogP contribution in [0.5, 0.6) is 0 Å². The Labute approximate surface area is 201 Å². The van der Waals surface area contributed by atoms with Crippen LogP contribution in [0, 0.1) is 6.92 Å². The number of nitrogens with zero attached hydrogens (tertiary/aromatic N) is 2. The Morgan fingerprint density at radius 2 is 1.82 bits per heavy atom. The maximum atomic E-state index is 3.76. The highest BCUT2D eigenvalue weighted by atomic mass is 15.3. The molecule has 2 aromatic carbocycles. The van der Waals surface area contributed by atoms with E-state index in [1.165, 1.54) is 59.4 Å². The van der Waals surface area contributed by atoms with Gasteiger partial charge in [-0.15, -0.1) is 0 Å². The van der Waals surface area contributed by atoms with E-state index in [9.17, 15) is 0 Å². The van der Waals surface area contributed by atoms with Crippen molar-refractivity contribution in [3.05, 3.63) is 83.5 Å². The molecule has 0 spiro atoms. The van der Waals surface area contributed by atoms with Gasteiger partial charge in [0.25, 0.3) is 0 Å². The number of hydrogen-bond donors (Lipinski definition) is 1. The first-order valence-electron chi connectivity index (χ1n) is 12.5. The molecule has 0 aromatic heterocycles. The minimum absolute atomic E-state index is 1.12. The van der Waals surface area contributed by atoms with Crippen LogP contribution >= 0.6 is 0 Å². The number of piperazine rings is 1. The molecule has 1 heterocycles. The lowest BCUT2D eigenvalue weighted by molar-refractivity contribution is 0.252. The predicted octanol–water partition coefficient (Wildman–Crippen LogP) is 6.80. The lowest BCUT2D eigenvalue weighted by Gasteiger charge is -2.37. The van der Waals surface area contributed by atoms with E-state index in [0.717, 1.165) is 32.6 Å². The van der Waals surface area contributed by atoms with Crippen molar-refractivity contribution in [3.8, 4) is 0 Å². The number of aryl methyl sites for hydroxylation is 2. The number of nitrogens with one attached hydrogen (secondary N) is 1. The third kappa shape index (κ3) is 7.10. The van der Waals surface area contributed by atoms with Crippen LogP contribution in [0.1, 0.15) is 48.4 Å². The summed E-state index contributed by atoms with van der Waals surface area (Å²) in [6, 6.07) is 13.4. The molecule has 0 radical (unpaired) electrons. The van der Waals surface area contributed by atoms with Gasteiger partial charge in [0.2, 0.25) is 0 Å². The summed E-state index contributed by atoms with van der Waals surface area (Å²) in [6.45, 7) is 13.8. The van der Waals surface area contributed by atoms with Gasteiger partial charge >= 0.3 is 0 Å². The summed E-state index contributed by atoms with van der Waals surface area (Å²) >= 11 is 0. The molecular weight excluding hydrogens is 402 g/mol. The lowest BCUT2D eigenvalue weighted by atomic mass is 10.0. The summed E-state index contributed by atoms with van der Waals surface area (Å²) in [7, 11) is 1.99. The minimum atomic E-state index is 1.12. The van der Waals surface area contributed by atoms with E-state index in [2.05, 4.69) is 90.2 Å². The normalized spacial score (nSPS) is 14.9. The lowest BCUT2D eigenvalue weighted by Crippen LogP contribution is -2.46. The van der Waals surface area contributed by atoms with Gasteiger partial charge in [0.15, 0.2) is 0 Å². The van der Waals surface area contributed by atoms with Gasteiger partial charge in [-0.1, -0.05) is 67.6 Å². The van der Waals surface area contributed by atoms with Gasteiger partial charge in [0.05, 0.1) is 0 Å². The topological polar surface area (TPSA) is 18.5 Å². The Hall–Kier alpha value is -2.78. The highest BCUT2D eigenvalue weighted by Crippen LogP contribution is 2.26. The molecule has 0 unspecified atom stereocenters. The van der Waals surface area contributed by atoms with E-state index in [-0.39, 0.29) is 0 Å². The molecule has 3 rings (SSSR count). The van der Waals surface area contributed by atoms with Crippen molar-refractivity contribution in [2.45, 2.75) is 39.5 Å². The second-order valence-electron chi connectivity index (χ2n) is 8.91. The zero-order valence-corrected chi connectivity index (χ0v) is 20.8. The molecule has 176 valence electrons. The van der Waals surface area contributed by atoms with E-state index in [1.54, 1.807) is 0 Å². The number of anilines is 2. The number of benzene rings is 2. The molecule has 33 heavy (non-hydrogen) atoms. The van der Waals surface area contributed by atoms with Gasteiger partial charge in [-0.2, -0.15) is 0 Å². The predicted molar refractivity (Wildman–Crippen MR) is 147 cm³/mol. The first-order valence-corrected chi connectivity index (χ1v) is 12.5. The van der Waals surface area contributed by atoms with Gasteiger partial charge in [-0.3, -0.25) is 4.90 Å². The number of hydrogen-bond acceptors (Lipinski definition) is 3. The third-order valence-corrected chi connectivity index (χ3v) is 6.59. The first kappa shape index (κ1) is 24.9. The average Bonchev–Trinajstić information content (AvgIpc) is 2.84. The Balaban J connectivity index is 1.40. The second-order valence-corrected chi connectivity index (χ2v) is 8.91. The van der Waals surface area contributed by atoms with E-state index in [0.29, 0.717) is 0 Å². The molecule has 3 heteroatoms. The molecule has 0 atom stereocenters. The van der Waals surface area contributed by atoms with Crippen molar-refractivity contribution in [1.82, 2.24) is 4.90 Å². The van der Waals surface area contributed by atoms with Crippen LogP contribution < -0.4 is 10.2 Å². The Kier molecular flexibility index (Phi) is 9.83. The number of rotatable bonds is 11. The van der Waals surface area contributed by atoms with Crippen molar-refractivity contribution in [2.24, 2.45) is 0 Å². The first-order chi connectivity index (χ1) is 16.2. The highest BCUT2D eigenvalue weighted by molar-refractivity contribution is 5.70. The number of unbranched alkanes of at least 4 members (excludes halogenated alkanes) is 2. The Morgan fingerprint density at radius 3 is 2.55 bits per heavy atom. The molecule has 1 fully saturated rings. The molecule has 1 aliphatic rings. The molecule has 0 aliphatic carbocycles. The average molecular weight is 444 g/mol. The molecule has 1 saturated heterocycles. The van der Waals surface area contributed by atoms with Crippen LogP contribution in [-0.4, -0.2) is 44.7 Å². The minimum Gasteiger partial charge on any atom is -0.388 e. The summed E-state index contributed by atoms with van der Waals surface area (Å²) in [5.41, 5.74) is 7.94. The summed E-state index contributed by atoms with van der Waals surface area (Å²) in [6.07, 6.45) is 15.3. The van der Waals surface area contributed by atoms with Crippen LogP contribution in [0.25, 0.3) is 12.2 Å². The van der Waals surface area contributed by atoms with Crippen molar-refractivity contribution in [2.75, 3.05) is 50.0 Å². The third-order valence-electron chi connectivity index (χ3n) is 6.59. The van der Waals surface area contributed by atoms with E-state index >= 15 is 0 Å². The molecule has 0 bridgehead atoms. The molecule has 1 N–H and O–H groups in total. The summed E-state index contributed by atoms with van der Waals surface area (Å²) < 4.78 is 0. The number of allylic oxidation sites excluding steroid dienone is 3. The van der Waals surface area contributed by atoms with Crippen LogP contribution in [-0.2, 0) is 6.42 Å². The fraction of sp³-hybridized carbons (Fsp3) is 0.400. The SMILES string of the molecule is C=C/C=C\c1ccc(CCCCCN2CCN(c3cccc(C)c3/C=C\C)CC2)cc1NC. The molecule has 1 aliphatic heterocycles. The maximum Gasteiger partial charge on any atom is 0.0443 e. The van der Waals surface area contributed by atoms with Crippen molar-refractivity contribution < 1.29 is 0 Å². The largest absolute Gasteiger partial charge is 0.388 e. The fourth-order valence-corrected chi connectivity index (χ4v) is 4.67. The molecule has 0 amide bonds. The van der Waals surface area contributed by atoms with Crippen molar-refractivity contribution in [1.29, 1.82) is 0 Å². The summed E-state index contributed by atoms with van der Waals surface area (Å²) in [4.78, 5) is 5.20. The van der Waals surface area contributed by atoms with E-state index in [4.69, 9.17) is 0 Å². The highest BCUT2D eigenvalue weighted by Gasteiger charge is 2.18. The molecule has 2 aromatic rings. The van der Waals surface area contributed by atoms with Gasteiger partial charge in [0.1, 0.15) is 0 Å². The quantitative estimate of drug-likeness (QED) is 0.304. The standard InChI is InChI=1S/C30H41N3/c1-5-7-15-27-18-17-26(24-29(27)31-4)14-9-8-10-19-32-20-22-33(23-21-32)30-16-11-13-25(3)28(30)12-6-2/h5-7,11-13,15-18,24,31H,1,8-10,14,19-23H2,2-4H3/b12-6-,15-7-. The smallest absolute Gasteiger partial charge is 0.0443 e. The Morgan fingerprint density at radius 1 is 1.00 bits per heavy atom. The zero-order valence-electron chi connectivity index (χ0n) is 20.8. The Bertz CT molecular complexity index is 949. The summed E-state index contributed by atoms with van der Waals surface area (Å²) in [5.74, 6) is 0. The van der Waals surface area contributed by atoms with Gasteiger partial charge in [-0.05, 0) is 68.5 Å². The van der Waals surface area contributed by atoms with Crippen molar-refractivity contribution >= 4 is 23.5 Å². The van der Waals surface area contributed by atoms with Crippen LogP contribution in [0.2, 0.25) is 0 Å². The fourth-order valence-electron chi connectivity index (χ4n) is 4.67. The van der Waals surface area contributed by atoms with Crippen LogP contribution in [0.4, 0.5) is 11.4 Å². The monoisotopic (exact) mass is 443 g/mol. The van der Waals surface area contributed by atoms with Gasteiger partial charge < -0.3 is 10.2 Å². The van der Waals surface area contributed by atoms with E-state index in [1.807, 2.05) is 19.2 Å². The van der Waals surface area contributed by atoms with Crippen molar-refractivity contribution in [3.63, 3.8) is 0 Å². The van der Waals surface area contributed by atoms with E-state index < -0.39 is 0 Å². The second kappa shape index (κ2) is 13.1.